The molecule has 8 nitrogen and oxygen atoms in total. The van der Waals surface area contributed by atoms with E-state index in [4.69, 9.17) is 14.2 Å². The van der Waals surface area contributed by atoms with Gasteiger partial charge in [0.05, 0.1) is 35.3 Å². The van der Waals surface area contributed by atoms with Crippen molar-refractivity contribution in [1.82, 2.24) is 4.72 Å². The molecule has 27 heavy (non-hydrogen) atoms. The largest absolute Gasteiger partial charge is 0.381 e. The molecular formula is C17H25NO7S2. The molecule has 0 radical (unpaired) electrons. The van der Waals surface area contributed by atoms with Crippen LogP contribution in [0.25, 0.3) is 0 Å². The Kier molecular flexibility index (Phi) is 7.95. The Hall–Kier alpha value is -1.30. The van der Waals surface area contributed by atoms with Crippen LogP contribution in [0.2, 0.25) is 0 Å². The van der Waals surface area contributed by atoms with Crippen LogP contribution in [0.5, 0.6) is 0 Å². The average molecular weight is 420 g/mol. The molecular weight excluding hydrogens is 394 g/mol. The molecule has 1 aromatic carbocycles. The maximum absolute atomic E-state index is 12.6. The van der Waals surface area contributed by atoms with E-state index in [2.05, 4.69) is 4.72 Å². The van der Waals surface area contributed by atoms with Crippen LogP contribution in [0.4, 0.5) is 0 Å². The number of methoxy groups -OCH3 is 2. The second-order valence-electron chi connectivity index (χ2n) is 6.00. The predicted molar refractivity (Wildman–Crippen MR) is 99.6 cm³/mol. The molecule has 0 aliphatic carbocycles. The lowest BCUT2D eigenvalue weighted by molar-refractivity contribution is -0.0960. The summed E-state index contributed by atoms with van der Waals surface area (Å²) < 4.78 is 67.3. The average Bonchev–Trinajstić information content (AvgIpc) is 2.91. The van der Waals surface area contributed by atoms with Crippen molar-refractivity contribution < 1.29 is 31.0 Å². The lowest BCUT2D eigenvalue weighted by Crippen LogP contribution is -2.34. The van der Waals surface area contributed by atoms with Gasteiger partial charge in [0.2, 0.25) is 10.0 Å². The first-order valence-corrected chi connectivity index (χ1v) is 11.6. The third kappa shape index (κ3) is 6.37. The van der Waals surface area contributed by atoms with Gasteiger partial charge in [-0.25, -0.2) is 21.6 Å². The molecule has 0 spiro atoms. The summed E-state index contributed by atoms with van der Waals surface area (Å²) >= 11 is 0. The van der Waals surface area contributed by atoms with E-state index in [1.165, 1.54) is 38.5 Å². The molecule has 1 aliphatic rings. The summed E-state index contributed by atoms with van der Waals surface area (Å²) in [6.45, 7) is 1.04. The number of sulfone groups is 1. The van der Waals surface area contributed by atoms with Crippen molar-refractivity contribution in [2.75, 3.05) is 39.7 Å². The van der Waals surface area contributed by atoms with Gasteiger partial charge in [0, 0.05) is 14.2 Å². The summed E-state index contributed by atoms with van der Waals surface area (Å²) in [5, 5.41) is 0. The van der Waals surface area contributed by atoms with E-state index in [0.717, 1.165) is 5.57 Å². The second kappa shape index (κ2) is 9.76. The van der Waals surface area contributed by atoms with Gasteiger partial charge in [-0.1, -0.05) is 11.6 Å². The number of hydrogen-bond donors (Lipinski definition) is 1. The van der Waals surface area contributed by atoms with Crippen molar-refractivity contribution >= 4 is 19.9 Å². The van der Waals surface area contributed by atoms with E-state index in [1.54, 1.807) is 0 Å². The Balaban J connectivity index is 2.10. The normalized spacial score (nSPS) is 16.2. The first kappa shape index (κ1) is 22.0. The highest BCUT2D eigenvalue weighted by atomic mass is 32.2. The first-order valence-electron chi connectivity index (χ1n) is 8.42. The number of sulfonamides is 1. The minimum absolute atomic E-state index is 0.0329. The zero-order valence-corrected chi connectivity index (χ0v) is 17.0. The number of benzene rings is 1. The SMILES string of the molecule is COC(CNS(=O)(=O)c1ccc(S(=O)(=O)CC2=CCCOCC2)cc1)OC. The number of ether oxygens (including phenoxy) is 3. The van der Waals surface area contributed by atoms with Gasteiger partial charge in [0.1, 0.15) is 0 Å². The fourth-order valence-electron chi connectivity index (χ4n) is 2.56. The number of hydrogen-bond acceptors (Lipinski definition) is 7. The van der Waals surface area contributed by atoms with E-state index in [1.807, 2.05) is 6.08 Å². The molecule has 0 bridgehead atoms. The molecule has 0 unspecified atom stereocenters. The summed E-state index contributed by atoms with van der Waals surface area (Å²) in [5.41, 5.74) is 0.816. The molecule has 0 aromatic heterocycles. The Bertz CT molecular complexity index is 842. The molecule has 0 atom stereocenters. The minimum atomic E-state index is -3.80. The van der Waals surface area contributed by atoms with E-state index in [-0.39, 0.29) is 22.1 Å². The fraction of sp³-hybridized carbons (Fsp3) is 0.529. The van der Waals surface area contributed by atoms with E-state index in [0.29, 0.717) is 26.1 Å². The van der Waals surface area contributed by atoms with Gasteiger partial charge in [-0.3, -0.25) is 0 Å². The monoisotopic (exact) mass is 419 g/mol. The highest BCUT2D eigenvalue weighted by Gasteiger charge is 2.20. The standard InChI is InChI=1S/C17H25NO7S2/c1-23-17(24-2)12-18-27(21,22)16-7-5-15(6-8-16)26(19,20)13-14-4-3-10-25-11-9-14/h4-8,17-18H,3,9-13H2,1-2H3. The smallest absolute Gasteiger partial charge is 0.240 e. The van der Waals surface area contributed by atoms with Crippen LogP contribution in [-0.4, -0.2) is 62.9 Å². The van der Waals surface area contributed by atoms with Crippen LogP contribution in [-0.2, 0) is 34.1 Å². The van der Waals surface area contributed by atoms with E-state index < -0.39 is 26.2 Å². The molecule has 1 aromatic rings. The maximum Gasteiger partial charge on any atom is 0.240 e. The molecule has 0 saturated heterocycles. The summed E-state index contributed by atoms with van der Waals surface area (Å²) in [4.78, 5) is 0.0497. The zero-order valence-electron chi connectivity index (χ0n) is 15.4. The fourth-order valence-corrected chi connectivity index (χ4v) is 5.05. The summed E-state index contributed by atoms with van der Waals surface area (Å²) in [6.07, 6.45) is 2.46. The summed E-state index contributed by atoms with van der Waals surface area (Å²) in [6, 6.07) is 5.16. The van der Waals surface area contributed by atoms with Crippen molar-refractivity contribution in [3.8, 4) is 0 Å². The molecule has 10 heteroatoms. The third-order valence-corrected chi connectivity index (χ3v) is 7.28. The highest BCUT2D eigenvalue weighted by Crippen LogP contribution is 2.20. The van der Waals surface area contributed by atoms with Crippen LogP contribution >= 0.6 is 0 Å². The maximum atomic E-state index is 12.6. The Morgan fingerprint density at radius 1 is 1.04 bits per heavy atom. The van der Waals surface area contributed by atoms with Gasteiger partial charge in [-0.05, 0) is 37.1 Å². The summed E-state index contributed by atoms with van der Waals surface area (Å²) in [7, 11) is -4.55. The second-order valence-corrected chi connectivity index (χ2v) is 9.75. The number of nitrogens with one attached hydrogen (secondary N) is 1. The zero-order chi connectivity index (χ0) is 19.9. The van der Waals surface area contributed by atoms with E-state index >= 15 is 0 Å². The van der Waals surface area contributed by atoms with Gasteiger partial charge in [-0.15, -0.1) is 0 Å². The van der Waals surface area contributed by atoms with E-state index in [9.17, 15) is 16.8 Å². The van der Waals surface area contributed by atoms with Crippen molar-refractivity contribution in [1.29, 1.82) is 0 Å². The van der Waals surface area contributed by atoms with Gasteiger partial charge in [0.15, 0.2) is 16.1 Å². The van der Waals surface area contributed by atoms with Crippen LogP contribution in [0.15, 0.2) is 45.7 Å². The topological polar surface area (TPSA) is 108 Å². The predicted octanol–water partition coefficient (Wildman–Crippen LogP) is 1.09. The Labute approximate surface area is 160 Å². The van der Waals surface area contributed by atoms with Crippen molar-refractivity contribution in [3.63, 3.8) is 0 Å². The Morgan fingerprint density at radius 2 is 1.67 bits per heavy atom. The van der Waals surface area contributed by atoms with Gasteiger partial charge < -0.3 is 14.2 Å². The van der Waals surface area contributed by atoms with Crippen molar-refractivity contribution in [3.05, 3.63) is 35.9 Å². The van der Waals surface area contributed by atoms with Crippen LogP contribution in [0.3, 0.4) is 0 Å². The lowest BCUT2D eigenvalue weighted by atomic mass is 10.2. The lowest BCUT2D eigenvalue weighted by Gasteiger charge is -2.14. The highest BCUT2D eigenvalue weighted by molar-refractivity contribution is 7.91. The van der Waals surface area contributed by atoms with Crippen LogP contribution in [0.1, 0.15) is 12.8 Å². The first-order chi connectivity index (χ1) is 12.8. The molecule has 0 saturated carbocycles. The van der Waals surface area contributed by atoms with Crippen LogP contribution in [0, 0.1) is 0 Å². The minimum Gasteiger partial charge on any atom is -0.381 e. The van der Waals surface area contributed by atoms with Crippen molar-refractivity contribution in [2.24, 2.45) is 0 Å². The molecule has 1 N–H and O–H groups in total. The summed E-state index contributed by atoms with van der Waals surface area (Å²) in [5.74, 6) is -0.0932. The van der Waals surface area contributed by atoms with Gasteiger partial charge >= 0.3 is 0 Å². The number of rotatable bonds is 9. The molecule has 1 aliphatic heterocycles. The Morgan fingerprint density at radius 3 is 2.30 bits per heavy atom. The van der Waals surface area contributed by atoms with Gasteiger partial charge in [0.25, 0.3) is 0 Å². The molecule has 152 valence electrons. The van der Waals surface area contributed by atoms with Crippen molar-refractivity contribution in [2.45, 2.75) is 28.9 Å². The van der Waals surface area contributed by atoms with Crippen LogP contribution < -0.4 is 4.72 Å². The quantitative estimate of drug-likeness (QED) is 0.471. The molecule has 0 fully saturated rings. The van der Waals surface area contributed by atoms with Gasteiger partial charge in [-0.2, -0.15) is 0 Å². The molecule has 2 rings (SSSR count). The molecule has 1 heterocycles. The molecule has 0 amide bonds. The third-order valence-electron chi connectivity index (χ3n) is 4.10.